The van der Waals surface area contributed by atoms with E-state index in [0.717, 1.165) is 5.56 Å². The van der Waals surface area contributed by atoms with Gasteiger partial charge < -0.3 is 0 Å². The number of non-ortho nitro benzene ring substituents is 1. The van der Waals surface area contributed by atoms with Crippen molar-refractivity contribution in [3.63, 3.8) is 0 Å². The molecule has 1 atom stereocenters. The molecule has 1 aromatic carbocycles. The quantitative estimate of drug-likeness (QED) is 0.593. The fourth-order valence-electron chi connectivity index (χ4n) is 1.63. The number of alkyl halides is 1. The van der Waals surface area contributed by atoms with E-state index in [9.17, 15) is 14.5 Å². The molecule has 0 saturated heterocycles. The Labute approximate surface area is 101 Å². The zero-order valence-corrected chi connectivity index (χ0v) is 10.4. The predicted molar refractivity (Wildman–Crippen MR) is 65.7 cm³/mol. The van der Waals surface area contributed by atoms with Crippen molar-refractivity contribution in [2.24, 2.45) is 11.3 Å². The Morgan fingerprint density at radius 3 is 2.18 bits per heavy atom. The van der Waals surface area contributed by atoms with E-state index in [1.165, 1.54) is 12.1 Å². The van der Waals surface area contributed by atoms with E-state index in [-0.39, 0.29) is 23.7 Å². The van der Waals surface area contributed by atoms with Gasteiger partial charge in [-0.1, -0.05) is 32.9 Å². The summed E-state index contributed by atoms with van der Waals surface area (Å²) in [5.41, 5.74) is 0.908. The van der Waals surface area contributed by atoms with Gasteiger partial charge in [0.05, 0.1) is 11.6 Å². The lowest BCUT2D eigenvalue weighted by Crippen LogP contribution is -2.24. The van der Waals surface area contributed by atoms with Gasteiger partial charge in [0, 0.05) is 12.1 Å². The number of nitro benzene ring substituents is 1. The molecule has 0 bridgehead atoms. The van der Waals surface area contributed by atoms with Crippen molar-refractivity contribution in [1.82, 2.24) is 0 Å². The van der Waals surface area contributed by atoms with Gasteiger partial charge in [-0.2, -0.15) is 0 Å². The topological polar surface area (TPSA) is 43.1 Å². The minimum atomic E-state index is -0.430. The van der Waals surface area contributed by atoms with Crippen LogP contribution >= 0.6 is 0 Å². The predicted octanol–water partition coefficient (Wildman–Crippen LogP) is 3.77. The second kappa shape index (κ2) is 5.25. The van der Waals surface area contributed by atoms with E-state index in [0.29, 0.717) is 6.42 Å². The van der Waals surface area contributed by atoms with Crippen molar-refractivity contribution in [2.45, 2.75) is 27.2 Å². The summed E-state index contributed by atoms with van der Waals surface area (Å²) in [6, 6.07) is 6.33. The number of rotatable bonds is 4. The van der Waals surface area contributed by atoms with Gasteiger partial charge in [0.25, 0.3) is 5.69 Å². The smallest absolute Gasteiger partial charge is 0.258 e. The lowest BCUT2D eigenvalue weighted by Gasteiger charge is -2.28. The maximum atomic E-state index is 12.9. The number of halogens is 1. The third-order valence-electron chi connectivity index (χ3n) is 3.04. The first-order valence-electron chi connectivity index (χ1n) is 5.64. The van der Waals surface area contributed by atoms with Crippen molar-refractivity contribution >= 4 is 5.69 Å². The first kappa shape index (κ1) is 13.6. The Morgan fingerprint density at radius 2 is 1.82 bits per heavy atom. The third kappa shape index (κ3) is 3.80. The molecule has 1 unspecified atom stereocenters. The van der Waals surface area contributed by atoms with Crippen LogP contribution in [0.2, 0.25) is 0 Å². The molecule has 0 fully saturated rings. The van der Waals surface area contributed by atoms with E-state index in [1.54, 1.807) is 12.1 Å². The second-order valence-electron chi connectivity index (χ2n) is 5.34. The average molecular weight is 239 g/mol. The maximum absolute atomic E-state index is 12.9. The molecule has 1 aromatic rings. The highest BCUT2D eigenvalue weighted by molar-refractivity contribution is 5.33. The van der Waals surface area contributed by atoms with Crippen LogP contribution in [-0.4, -0.2) is 11.6 Å². The van der Waals surface area contributed by atoms with Crippen LogP contribution < -0.4 is 0 Å². The van der Waals surface area contributed by atoms with E-state index < -0.39 is 4.92 Å². The maximum Gasteiger partial charge on any atom is 0.269 e. The molecule has 0 radical (unpaired) electrons. The van der Waals surface area contributed by atoms with Crippen LogP contribution in [0.3, 0.4) is 0 Å². The summed E-state index contributed by atoms with van der Waals surface area (Å²) in [6.07, 6.45) is 0.609. The molecule has 0 saturated carbocycles. The van der Waals surface area contributed by atoms with Crippen molar-refractivity contribution in [2.75, 3.05) is 6.67 Å². The summed E-state index contributed by atoms with van der Waals surface area (Å²) in [4.78, 5) is 10.1. The molecule has 94 valence electrons. The normalized spacial score (nSPS) is 13.4. The number of hydrogen-bond donors (Lipinski definition) is 0. The molecule has 0 aromatic heterocycles. The molecule has 4 heteroatoms. The van der Waals surface area contributed by atoms with Gasteiger partial charge >= 0.3 is 0 Å². The van der Waals surface area contributed by atoms with Crippen LogP contribution in [0, 0.1) is 21.4 Å². The zero-order valence-electron chi connectivity index (χ0n) is 10.4. The minimum Gasteiger partial charge on any atom is -0.258 e. The summed E-state index contributed by atoms with van der Waals surface area (Å²) in [6.45, 7) is 5.63. The van der Waals surface area contributed by atoms with Gasteiger partial charge in [0.1, 0.15) is 0 Å². The van der Waals surface area contributed by atoms with Gasteiger partial charge in [-0.15, -0.1) is 0 Å². The Hall–Kier alpha value is -1.45. The molecule has 3 nitrogen and oxygen atoms in total. The fourth-order valence-corrected chi connectivity index (χ4v) is 1.63. The van der Waals surface area contributed by atoms with Crippen LogP contribution in [0.15, 0.2) is 24.3 Å². The summed E-state index contributed by atoms with van der Waals surface area (Å²) in [5.74, 6) is -0.0658. The van der Waals surface area contributed by atoms with Gasteiger partial charge in [0.15, 0.2) is 0 Å². The Bertz CT molecular complexity index is 381. The molecule has 0 heterocycles. The Morgan fingerprint density at radius 1 is 1.29 bits per heavy atom. The van der Waals surface area contributed by atoms with Crippen molar-refractivity contribution in [3.8, 4) is 0 Å². The molecule has 17 heavy (non-hydrogen) atoms. The number of benzene rings is 1. The molecule has 0 aliphatic carbocycles. The number of nitrogens with zero attached hydrogens (tertiary/aromatic N) is 1. The summed E-state index contributed by atoms with van der Waals surface area (Å²) < 4.78 is 12.9. The van der Waals surface area contributed by atoms with Crippen molar-refractivity contribution in [3.05, 3.63) is 39.9 Å². The van der Waals surface area contributed by atoms with E-state index in [4.69, 9.17) is 0 Å². The van der Waals surface area contributed by atoms with Crippen LogP contribution in [0.4, 0.5) is 10.1 Å². The lowest BCUT2D eigenvalue weighted by atomic mass is 9.78. The van der Waals surface area contributed by atoms with Gasteiger partial charge in [0.2, 0.25) is 0 Å². The van der Waals surface area contributed by atoms with Gasteiger partial charge in [-0.3, -0.25) is 14.5 Å². The Balaban J connectivity index is 2.78. The molecule has 0 N–H and O–H groups in total. The second-order valence-corrected chi connectivity index (χ2v) is 5.34. The fraction of sp³-hybridized carbons (Fsp3) is 0.538. The van der Waals surface area contributed by atoms with Gasteiger partial charge in [-0.05, 0) is 23.3 Å². The first-order chi connectivity index (χ1) is 7.84. The SMILES string of the molecule is CC(C)(C)C(CF)Cc1ccc([N+](=O)[O-])cc1. The zero-order chi connectivity index (χ0) is 13.1. The molecular weight excluding hydrogens is 221 g/mol. The highest BCUT2D eigenvalue weighted by atomic mass is 19.1. The van der Waals surface area contributed by atoms with E-state index >= 15 is 0 Å². The molecule has 1 rings (SSSR count). The third-order valence-corrected chi connectivity index (χ3v) is 3.04. The molecule has 0 aliphatic rings. The van der Waals surface area contributed by atoms with Crippen LogP contribution in [0.1, 0.15) is 26.3 Å². The highest BCUT2D eigenvalue weighted by Crippen LogP contribution is 2.29. The lowest BCUT2D eigenvalue weighted by molar-refractivity contribution is -0.384. The largest absolute Gasteiger partial charge is 0.269 e. The summed E-state index contributed by atoms with van der Waals surface area (Å²) in [5, 5.41) is 10.5. The monoisotopic (exact) mass is 239 g/mol. The first-order valence-corrected chi connectivity index (χ1v) is 5.64. The number of nitro groups is 1. The summed E-state index contributed by atoms with van der Waals surface area (Å²) >= 11 is 0. The highest BCUT2D eigenvalue weighted by Gasteiger charge is 2.24. The minimum absolute atomic E-state index is 0.0658. The van der Waals surface area contributed by atoms with Crippen LogP contribution in [0.25, 0.3) is 0 Å². The molecule has 0 spiro atoms. The van der Waals surface area contributed by atoms with Crippen LogP contribution in [0.5, 0.6) is 0 Å². The van der Waals surface area contributed by atoms with E-state index in [2.05, 4.69) is 0 Å². The van der Waals surface area contributed by atoms with E-state index in [1.807, 2.05) is 20.8 Å². The van der Waals surface area contributed by atoms with Crippen molar-refractivity contribution in [1.29, 1.82) is 0 Å². The van der Waals surface area contributed by atoms with Crippen molar-refractivity contribution < 1.29 is 9.31 Å². The molecular formula is C13H18FNO2. The number of hydrogen-bond acceptors (Lipinski definition) is 2. The van der Waals surface area contributed by atoms with Crippen LogP contribution in [-0.2, 0) is 6.42 Å². The Kier molecular flexibility index (Phi) is 4.21. The summed E-state index contributed by atoms with van der Waals surface area (Å²) in [7, 11) is 0. The van der Waals surface area contributed by atoms with Gasteiger partial charge in [-0.25, -0.2) is 0 Å². The molecule has 0 aliphatic heterocycles. The molecule has 0 amide bonds. The standard InChI is InChI=1S/C13H18FNO2/c1-13(2,3)11(9-14)8-10-4-6-12(7-5-10)15(16)17/h4-7,11H,8-9H2,1-3H3. The average Bonchev–Trinajstić information content (AvgIpc) is 2.24.